The summed E-state index contributed by atoms with van der Waals surface area (Å²) in [4.78, 5) is 34.2. The predicted octanol–water partition coefficient (Wildman–Crippen LogP) is 3.35. The molecule has 0 saturated carbocycles. The van der Waals surface area contributed by atoms with E-state index in [1.807, 2.05) is 0 Å². The lowest BCUT2D eigenvalue weighted by Gasteiger charge is -2.26. The fourth-order valence-electron chi connectivity index (χ4n) is 3.05. The maximum atomic E-state index is 11.9. The van der Waals surface area contributed by atoms with Crippen molar-refractivity contribution >= 4 is 28.7 Å². The number of nitrogens with one attached hydrogen (secondary N) is 1. The molecule has 138 valence electrons. The van der Waals surface area contributed by atoms with Crippen molar-refractivity contribution in [3.05, 3.63) is 89.4 Å². The predicted molar refractivity (Wildman–Crippen MR) is 97.5 cm³/mol. The van der Waals surface area contributed by atoms with Gasteiger partial charge >= 0.3 is 5.97 Å². The second-order valence-electron chi connectivity index (χ2n) is 5.75. The molecule has 2 N–H and O–H groups in total. The molecule has 27 heavy (non-hydrogen) atoms. The molecular formula is C17H13N3O6S. The molecule has 0 spiro atoms. The van der Waals surface area contributed by atoms with Crippen LogP contribution in [0.2, 0.25) is 0 Å². The Morgan fingerprint density at radius 2 is 1.93 bits per heavy atom. The zero-order chi connectivity index (χ0) is 19.7. The number of carboxylic acid groups (broad SMARTS) is 1. The first kappa shape index (κ1) is 18.3. The van der Waals surface area contributed by atoms with Crippen molar-refractivity contribution in [1.29, 1.82) is 0 Å². The molecule has 1 aromatic heterocycles. The van der Waals surface area contributed by atoms with Crippen LogP contribution in [0.25, 0.3) is 5.70 Å². The summed E-state index contributed by atoms with van der Waals surface area (Å²) >= 11 is 1.26. The maximum absolute atomic E-state index is 11.9. The first-order valence-electron chi connectivity index (χ1n) is 7.69. The summed E-state index contributed by atoms with van der Waals surface area (Å²) in [5.74, 6) is -2.59. The van der Waals surface area contributed by atoms with Crippen LogP contribution < -0.4 is 5.32 Å². The SMILES string of the molecule is CC1=C(C(=O)O)C(c2cccc([N+](=O)[O-])c2)C([N+](=O)[O-])=C(c2cccs2)N1. The molecule has 1 unspecified atom stereocenters. The fourth-order valence-corrected chi connectivity index (χ4v) is 3.78. The van der Waals surface area contributed by atoms with Crippen molar-refractivity contribution in [1.82, 2.24) is 5.32 Å². The van der Waals surface area contributed by atoms with Crippen molar-refractivity contribution in [2.75, 3.05) is 0 Å². The van der Waals surface area contributed by atoms with Crippen LogP contribution in [0.15, 0.2) is 58.7 Å². The van der Waals surface area contributed by atoms with Gasteiger partial charge < -0.3 is 10.4 Å². The highest BCUT2D eigenvalue weighted by Crippen LogP contribution is 2.42. The van der Waals surface area contributed by atoms with Gasteiger partial charge in [-0.25, -0.2) is 4.79 Å². The Labute approximate surface area is 156 Å². The zero-order valence-corrected chi connectivity index (χ0v) is 14.7. The molecule has 1 aliphatic rings. The minimum atomic E-state index is -1.33. The van der Waals surface area contributed by atoms with Crippen LogP contribution in [0, 0.1) is 20.2 Å². The second-order valence-corrected chi connectivity index (χ2v) is 6.70. The summed E-state index contributed by atoms with van der Waals surface area (Å²) < 4.78 is 0. The third-order valence-electron chi connectivity index (χ3n) is 4.14. The summed E-state index contributed by atoms with van der Waals surface area (Å²) in [6.45, 7) is 1.51. The van der Waals surface area contributed by atoms with Crippen LogP contribution in [0.5, 0.6) is 0 Å². The summed E-state index contributed by atoms with van der Waals surface area (Å²) in [5.41, 5.74) is -0.248. The number of carboxylic acids is 1. The van der Waals surface area contributed by atoms with Crippen molar-refractivity contribution in [2.45, 2.75) is 12.8 Å². The third kappa shape index (κ3) is 3.29. The van der Waals surface area contributed by atoms with Gasteiger partial charge in [0.25, 0.3) is 11.4 Å². The van der Waals surface area contributed by atoms with Crippen LogP contribution in [-0.4, -0.2) is 20.9 Å². The number of thiophene rings is 1. The molecule has 0 fully saturated rings. The Morgan fingerprint density at radius 1 is 1.19 bits per heavy atom. The van der Waals surface area contributed by atoms with Crippen molar-refractivity contribution in [3.63, 3.8) is 0 Å². The van der Waals surface area contributed by atoms with Crippen molar-refractivity contribution in [2.24, 2.45) is 0 Å². The van der Waals surface area contributed by atoms with E-state index < -0.39 is 21.7 Å². The van der Waals surface area contributed by atoms with Gasteiger partial charge in [0.2, 0.25) is 0 Å². The van der Waals surface area contributed by atoms with Crippen LogP contribution >= 0.6 is 11.3 Å². The molecule has 1 aromatic carbocycles. The Morgan fingerprint density at radius 3 is 2.48 bits per heavy atom. The number of hydrogen-bond donors (Lipinski definition) is 2. The van der Waals surface area contributed by atoms with Crippen LogP contribution in [0.4, 0.5) is 5.69 Å². The van der Waals surface area contributed by atoms with E-state index in [2.05, 4.69) is 5.32 Å². The number of nitrogens with zero attached hydrogens (tertiary/aromatic N) is 2. The number of benzene rings is 1. The van der Waals surface area contributed by atoms with Gasteiger partial charge in [-0.15, -0.1) is 11.3 Å². The Hall–Kier alpha value is -3.53. The number of aliphatic carboxylic acids is 1. The monoisotopic (exact) mass is 387 g/mol. The van der Waals surface area contributed by atoms with E-state index >= 15 is 0 Å². The first-order valence-corrected chi connectivity index (χ1v) is 8.57. The second kappa shape index (κ2) is 7.00. The molecule has 10 heteroatoms. The van der Waals surface area contributed by atoms with Gasteiger partial charge in [-0.3, -0.25) is 20.2 Å². The van der Waals surface area contributed by atoms with Gasteiger partial charge in [0.05, 0.1) is 20.3 Å². The Kier molecular flexibility index (Phi) is 4.74. The number of nitro groups is 2. The number of carbonyl (C=O) groups is 1. The van der Waals surface area contributed by atoms with Crippen LogP contribution in [-0.2, 0) is 4.79 Å². The van der Waals surface area contributed by atoms with Crippen molar-refractivity contribution in [3.8, 4) is 0 Å². The number of nitro benzene ring substituents is 1. The van der Waals surface area contributed by atoms with E-state index in [-0.39, 0.29) is 33.9 Å². The number of hydrogen-bond acceptors (Lipinski definition) is 7. The lowest BCUT2D eigenvalue weighted by molar-refractivity contribution is -0.428. The highest BCUT2D eigenvalue weighted by atomic mass is 32.1. The molecule has 0 saturated heterocycles. The quantitative estimate of drug-likeness (QED) is 0.593. The minimum absolute atomic E-state index is 0.170. The summed E-state index contributed by atoms with van der Waals surface area (Å²) in [6.07, 6.45) is 0. The van der Waals surface area contributed by atoms with Gasteiger partial charge in [0.1, 0.15) is 11.6 Å². The molecule has 0 radical (unpaired) electrons. The van der Waals surface area contributed by atoms with E-state index in [0.29, 0.717) is 4.88 Å². The molecule has 2 heterocycles. The van der Waals surface area contributed by atoms with Crippen LogP contribution in [0.1, 0.15) is 23.3 Å². The molecule has 1 atom stereocenters. The van der Waals surface area contributed by atoms with E-state index in [1.165, 1.54) is 42.5 Å². The third-order valence-corrected chi connectivity index (χ3v) is 5.03. The lowest BCUT2D eigenvalue weighted by atomic mass is 9.83. The molecule has 0 bridgehead atoms. The van der Waals surface area contributed by atoms with E-state index in [9.17, 15) is 30.1 Å². The zero-order valence-electron chi connectivity index (χ0n) is 13.9. The first-order chi connectivity index (χ1) is 12.8. The summed E-state index contributed by atoms with van der Waals surface area (Å²) in [7, 11) is 0. The van der Waals surface area contributed by atoms with Gasteiger partial charge in [0.15, 0.2) is 0 Å². The van der Waals surface area contributed by atoms with E-state index in [0.717, 1.165) is 0 Å². The van der Waals surface area contributed by atoms with Gasteiger partial charge in [-0.1, -0.05) is 18.2 Å². The summed E-state index contributed by atoms with van der Waals surface area (Å²) in [6, 6.07) is 8.65. The topological polar surface area (TPSA) is 136 Å². The van der Waals surface area contributed by atoms with Gasteiger partial charge in [-0.2, -0.15) is 0 Å². The Balaban J connectivity index is 2.30. The standard InChI is InChI=1S/C17H13N3O6S/c1-9-13(17(21)22)14(10-4-2-5-11(8-10)19(23)24)16(20(25)26)15(18-9)12-6-3-7-27-12/h2-8,14,18H,1H3,(H,21,22). The molecule has 9 nitrogen and oxygen atoms in total. The highest BCUT2D eigenvalue weighted by molar-refractivity contribution is 7.11. The molecule has 3 rings (SSSR count). The minimum Gasteiger partial charge on any atom is -0.478 e. The molecule has 0 aliphatic carbocycles. The largest absolute Gasteiger partial charge is 0.478 e. The fraction of sp³-hybridized carbons (Fsp3) is 0.118. The molecule has 1 aliphatic heterocycles. The Bertz CT molecular complexity index is 1010. The molecule has 2 aromatic rings. The normalized spacial score (nSPS) is 16.9. The number of non-ortho nitro benzene ring substituents is 1. The van der Waals surface area contributed by atoms with Crippen LogP contribution in [0.3, 0.4) is 0 Å². The summed E-state index contributed by atoms with van der Waals surface area (Å²) in [5, 5.41) is 37.2. The number of allylic oxidation sites excluding steroid dienone is 2. The lowest BCUT2D eigenvalue weighted by Crippen LogP contribution is -2.30. The molecule has 0 amide bonds. The molecular weight excluding hydrogens is 374 g/mol. The van der Waals surface area contributed by atoms with Gasteiger partial charge in [-0.05, 0) is 23.9 Å². The smallest absolute Gasteiger partial charge is 0.334 e. The number of rotatable bonds is 5. The average molecular weight is 387 g/mol. The van der Waals surface area contributed by atoms with E-state index in [4.69, 9.17) is 0 Å². The number of dihydropyridines is 1. The highest BCUT2D eigenvalue weighted by Gasteiger charge is 2.42. The van der Waals surface area contributed by atoms with E-state index in [1.54, 1.807) is 17.5 Å². The van der Waals surface area contributed by atoms with Crippen molar-refractivity contribution < 1.29 is 19.7 Å². The average Bonchev–Trinajstić information content (AvgIpc) is 3.14. The van der Waals surface area contributed by atoms with Gasteiger partial charge in [0, 0.05) is 17.8 Å². The maximum Gasteiger partial charge on any atom is 0.334 e.